The number of oxazole rings is 1. The van der Waals surface area contributed by atoms with Gasteiger partial charge in [-0.2, -0.15) is 13.2 Å². The first kappa shape index (κ1) is 28.1. The standard InChI is InChI=1S/C30H29F3N2O4/c1-18-21(6-5-7-24(18)22-11-13-26-27(15-22)39-19(2)35-26)9-10-23-14-20(8-12-25(23)30(31,32)33)16-34-29(3,17-36)28(37)38-4/h5-15,34,36H,16-17H2,1-4H3/b10-9+. The van der Waals surface area contributed by atoms with Gasteiger partial charge in [0.25, 0.3) is 0 Å². The summed E-state index contributed by atoms with van der Waals surface area (Å²) in [6.45, 7) is 4.66. The fraction of sp³-hybridized carbons (Fsp3) is 0.267. The number of aliphatic hydroxyl groups is 1. The highest BCUT2D eigenvalue weighted by Crippen LogP contribution is 2.34. The van der Waals surface area contributed by atoms with Crippen molar-refractivity contribution in [3.05, 3.63) is 88.3 Å². The van der Waals surface area contributed by atoms with E-state index >= 15 is 0 Å². The number of aromatic nitrogens is 1. The zero-order valence-electron chi connectivity index (χ0n) is 22.0. The molecule has 0 amide bonds. The maximum atomic E-state index is 13.8. The van der Waals surface area contributed by atoms with Gasteiger partial charge in [-0.1, -0.05) is 42.5 Å². The molecule has 0 fully saturated rings. The van der Waals surface area contributed by atoms with Gasteiger partial charge in [0.2, 0.25) is 0 Å². The first-order valence-electron chi connectivity index (χ1n) is 12.2. The minimum Gasteiger partial charge on any atom is -0.468 e. The van der Waals surface area contributed by atoms with Gasteiger partial charge in [-0.05, 0) is 71.5 Å². The lowest BCUT2D eigenvalue weighted by molar-refractivity contribution is -0.149. The number of rotatable bonds is 8. The number of ether oxygens (including phenoxy) is 1. The third-order valence-electron chi connectivity index (χ3n) is 6.68. The molecule has 0 saturated carbocycles. The lowest BCUT2D eigenvalue weighted by atomic mass is 9.95. The molecule has 1 unspecified atom stereocenters. The van der Waals surface area contributed by atoms with E-state index in [4.69, 9.17) is 9.15 Å². The topological polar surface area (TPSA) is 84.6 Å². The monoisotopic (exact) mass is 538 g/mol. The highest BCUT2D eigenvalue weighted by molar-refractivity contribution is 5.84. The number of nitrogens with zero attached hydrogens (tertiary/aromatic N) is 1. The van der Waals surface area contributed by atoms with E-state index in [9.17, 15) is 23.1 Å². The summed E-state index contributed by atoms with van der Waals surface area (Å²) < 4.78 is 51.8. The highest BCUT2D eigenvalue weighted by Gasteiger charge is 2.34. The first-order chi connectivity index (χ1) is 18.4. The second-order valence-electron chi connectivity index (χ2n) is 9.52. The number of carbonyl (C=O) groups is 1. The summed E-state index contributed by atoms with van der Waals surface area (Å²) in [5.74, 6) is -0.107. The van der Waals surface area contributed by atoms with Crippen molar-refractivity contribution >= 4 is 29.2 Å². The van der Waals surface area contributed by atoms with Crippen LogP contribution in [0.5, 0.6) is 0 Å². The van der Waals surface area contributed by atoms with Gasteiger partial charge in [-0.25, -0.2) is 9.78 Å². The zero-order valence-corrected chi connectivity index (χ0v) is 22.0. The normalized spacial score (nSPS) is 13.6. The molecule has 3 aromatic carbocycles. The van der Waals surface area contributed by atoms with E-state index in [0.29, 0.717) is 17.0 Å². The van der Waals surface area contributed by atoms with E-state index < -0.39 is 29.9 Å². The molecule has 0 aliphatic carbocycles. The van der Waals surface area contributed by atoms with Crippen molar-refractivity contribution in [2.75, 3.05) is 13.7 Å². The molecule has 204 valence electrons. The number of esters is 1. The van der Waals surface area contributed by atoms with Gasteiger partial charge in [0.05, 0.1) is 19.3 Å². The van der Waals surface area contributed by atoms with Gasteiger partial charge in [0.1, 0.15) is 11.1 Å². The van der Waals surface area contributed by atoms with Crippen molar-refractivity contribution in [1.29, 1.82) is 0 Å². The summed E-state index contributed by atoms with van der Waals surface area (Å²) in [6, 6.07) is 15.1. The first-order valence-corrected chi connectivity index (χ1v) is 12.2. The number of halogens is 3. The van der Waals surface area contributed by atoms with Crippen LogP contribution in [-0.4, -0.2) is 35.3 Å². The van der Waals surface area contributed by atoms with Crippen molar-refractivity contribution in [2.24, 2.45) is 0 Å². The number of benzene rings is 3. The van der Waals surface area contributed by atoms with E-state index in [2.05, 4.69) is 10.3 Å². The Morgan fingerprint density at radius 2 is 1.82 bits per heavy atom. The summed E-state index contributed by atoms with van der Waals surface area (Å²) in [6.07, 6.45) is -1.46. The molecule has 1 heterocycles. The van der Waals surface area contributed by atoms with Gasteiger partial charge in [-0.15, -0.1) is 0 Å². The fourth-order valence-electron chi connectivity index (χ4n) is 4.37. The molecule has 39 heavy (non-hydrogen) atoms. The number of fused-ring (bicyclic) bond motifs is 1. The highest BCUT2D eigenvalue weighted by atomic mass is 19.4. The molecule has 0 aliphatic rings. The molecule has 6 nitrogen and oxygen atoms in total. The van der Waals surface area contributed by atoms with Crippen LogP contribution in [0.1, 0.15) is 40.6 Å². The maximum Gasteiger partial charge on any atom is 0.416 e. The second-order valence-corrected chi connectivity index (χ2v) is 9.52. The molecule has 0 spiro atoms. The lowest BCUT2D eigenvalue weighted by Gasteiger charge is -2.26. The van der Waals surface area contributed by atoms with Crippen LogP contribution >= 0.6 is 0 Å². The van der Waals surface area contributed by atoms with Crippen LogP contribution in [0.25, 0.3) is 34.4 Å². The van der Waals surface area contributed by atoms with Crippen molar-refractivity contribution in [2.45, 2.75) is 39.0 Å². The largest absolute Gasteiger partial charge is 0.468 e. The molecular formula is C30H29F3N2O4. The number of nitrogens with one attached hydrogen (secondary N) is 1. The average Bonchev–Trinajstić information content (AvgIpc) is 3.29. The SMILES string of the molecule is COC(=O)C(C)(CO)NCc1ccc(C(F)(F)F)c(/C=C/c2cccc(-c3ccc4nc(C)oc4c3)c2C)c1. The Kier molecular flexibility index (Phi) is 7.94. The average molecular weight is 539 g/mol. The number of aryl methyl sites for hydroxylation is 1. The van der Waals surface area contributed by atoms with Crippen LogP contribution in [0.4, 0.5) is 13.2 Å². The Labute approximate surface area is 224 Å². The molecule has 0 aliphatic heterocycles. The number of aliphatic hydroxyl groups excluding tert-OH is 1. The number of carbonyl (C=O) groups excluding carboxylic acids is 1. The molecule has 4 rings (SSSR count). The Morgan fingerprint density at radius 3 is 2.51 bits per heavy atom. The van der Waals surface area contributed by atoms with E-state index in [0.717, 1.165) is 33.8 Å². The van der Waals surface area contributed by atoms with Gasteiger partial charge in [0, 0.05) is 13.5 Å². The minimum absolute atomic E-state index is 0.0195. The van der Waals surface area contributed by atoms with E-state index in [-0.39, 0.29) is 12.1 Å². The van der Waals surface area contributed by atoms with E-state index in [1.807, 2.05) is 43.3 Å². The van der Waals surface area contributed by atoms with Crippen LogP contribution in [0.3, 0.4) is 0 Å². The lowest BCUT2D eigenvalue weighted by Crippen LogP contribution is -2.52. The summed E-state index contributed by atoms with van der Waals surface area (Å²) in [5.41, 5.74) is 3.23. The minimum atomic E-state index is -4.56. The molecule has 1 atom stereocenters. The predicted octanol–water partition coefficient (Wildman–Crippen LogP) is 6.31. The molecular weight excluding hydrogens is 509 g/mol. The van der Waals surface area contributed by atoms with Crippen LogP contribution in [0.2, 0.25) is 0 Å². The Hall–Kier alpha value is -3.95. The van der Waals surface area contributed by atoms with Gasteiger partial charge < -0.3 is 14.3 Å². The number of methoxy groups -OCH3 is 1. The van der Waals surface area contributed by atoms with Gasteiger partial charge in [-0.3, -0.25) is 5.32 Å². The Morgan fingerprint density at radius 1 is 1.08 bits per heavy atom. The number of hydrogen-bond donors (Lipinski definition) is 2. The summed E-state index contributed by atoms with van der Waals surface area (Å²) in [4.78, 5) is 16.3. The predicted molar refractivity (Wildman–Crippen MR) is 144 cm³/mol. The Bertz CT molecular complexity index is 1540. The molecule has 9 heteroatoms. The summed E-state index contributed by atoms with van der Waals surface area (Å²) >= 11 is 0. The molecule has 2 N–H and O–H groups in total. The quantitative estimate of drug-likeness (QED) is 0.202. The van der Waals surface area contributed by atoms with Crippen molar-refractivity contribution in [1.82, 2.24) is 10.3 Å². The van der Waals surface area contributed by atoms with Gasteiger partial charge >= 0.3 is 12.1 Å². The van der Waals surface area contributed by atoms with E-state index in [1.165, 1.54) is 32.2 Å². The molecule has 0 bridgehead atoms. The zero-order chi connectivity index (χ0) is 28.4. The van der Waals surface area contributed by atoms with Crippen molar-refractivity contribution in [3.63, 3.8) is 0 Å². The molecule has 0 saturated heterocycles. The van der Waals surface area contributed by atoms with Crippen molar-refractivity contribution in [3.8, 4) is 11.1 Å². The van der Waals surface area contributed by atoms with Crippen LogP contribution in [-0.2, 0) is 22.3 Å². The smallest absolute Gasteiger partial charge is 0.416 e. The summed E-state index contributed by atoms with van der Waals surface area (Å²) in [7, 11) is 1.20. The third-order valence-corrected chi connectivity index (χ3v) is 6.68. The fourth-order valence-corrected chi connectivity index (χ4v) is 4.37. The van der Waals surface area contributed by atoms with Crippen LogP contribution < -0.4 is 5.32 Å². The van der Waals surface area contributed by atoms with Crippen molar-refractivity contribution < 1.29 is 32.2 Å². The van der Waals surface area contributed by atoms with E-state index in [1.54, 1.807) is 13.0 Å². The maximum absolute atomic E-state index is 13.8. The number of hydrogen-bond acceptors (Lipinski definition) is 6. The second kappa shape index (κ2) is 11.0. The molecule has 4 aromatic rings. The van der Waals surface area contributed by atoms with Gasteiger partial charge in [0.15, 0.2) is 11.5 Å². The molecule has 0 radical (unpaired) electrons. The molecule has 1 aromatic heterocycles. The third kappa shape index (κ3) is 6.05. The van der Waals surface area contributed by atoms with Crippen LogP contribution in [0, 0.1) is 13.8 Å². The van der Waals surface area contributed by atoms with Crippen LogP contribution in [0.15, 0.2) is 59.0 Å². The number of alkyl halides is 3. The Balaban J connectivity index is 1.66. The summed E-state index contributed by atoms with van der Waals surface area (Å²) in [5, 5.41) is 12.5.